The van der Waals surface area contributed by atoms with Crippen LogP contribution < -0.4 is 0 Å². The van der Waals surface area contributed by atoms with Crippen LogP contribution in [0.4, 0.5) is 0 Å². The Balaban J connectivity index is 2.42. The number of carbonyl (C=O) groups excluding carboxylic acids is 2. The van der Waals surface area contributed by atoms with E-state index in [1.165, 1.54) is 0 Å². The first-order valence-corrected chi connectivity index (χ1v) is 13.9. The van der Waals surface area contributed by atoms with Gasteiger partial charge >= 0.3 is 5.97 Å². The fourth-order valence-corrected chi connectivity index (χ4v) is 5.36. The minimum atomic E-state index is -1.52. The summed E-state index contributed by atoms with van der Waals surface area (Å²) in [6.07, 6.45) is -1.88. The van der Waals surface area contributed by atoms with Gasteiger partial charge in [0.05, 0.1) is 24.7 Å². The van der Waals surface area contributed by atoms with E-state index in [9.17, 15) is 30.0 Å². The number of rotatable bonds is 4. The Morgan fingerprint density at radius 3 is 2.21 bits per heavy atom. The Morgan fingerprint density at radius 1 is 0.947 bits per heavy atom. The van der Waals surface area contributed by atoms with Crippen LogP contribution in [0.2, 0.25) is 0 Å². The largest absolute Gasteiger partial charge is 0.462 e. The highest BCUT2D eigenvalue weighted by molar-refractivity contribution is 5.91. The van der Waals surface area contributed by atoms with Crippen LogP contribution in [-0.2, 0) is 23.8 Å². The zero-order valence-corrected chi connectivity index (χ0v) is 23.8. The van der Waals surface area contributed by atoms with Gasteiger partial charge in [-0.05, 0) is 38.7 Å². The van der Waals surface area contributed by atoms with Crippen molar-refractivity contribution < 1.29 is 44.2 Å². The van der Waals surface area contributed by atoms with Gasteiger partial charge in [-0.2, -0.15) is 0 Å². The van der Waals surface area contributed by atoms with E-state index in [2.05, 4.69) is 0 Å². The van der Waals surface area contributed by atoms with Crippen LogP contribution >= 0.6 is 0 Å². The van der Waals surface area contributed by atoms with E-state index in [1.807, 2.05) is 40.7 Å². The van der Waals surface area contributed by atoms with E-state index in [0.717, 1.165) is 5.57 Å². The number of aliphatic hydroxyl groups is 4. The first kappa shape index (κ1) is 32.6. The number of carbonyl (C=O) groups is 2. The van der Waals surface area contributed by atoms with Crippen molar-refractivity contribution in [1.82, 2.24) is 0 Å². The lowest BCUT2D eigenvalue weighted by molar-refractivity contribution is -0.314. The monoisotopic (exact) mass is 540 g/mol. The molecule has 0 spiro atoms. The number of cyclic esters (lactones) is 1. The van der Waals surface area contributed by atoms with Gasteiger partial charge in [0.1, 0.15) is 24.4 Å². The lowest BCUT2D eigenvalue weighted by atomic mass is 9.80. The fraction of sp³-hybridized carbons (Fsp3) is 0.793. The Labute approximate surface area is 226 Å². The molecule has 0 amide bonds. The molecule has 0 aromatic heterocycles. The van der Waals surface area contributed by atoms with Crippen LogP contribution in [0, 0.1) is 23.7 Å². The van der Waals surface area contributed by atoms with E-state index < -0.39 is 54.8 Å². The maximum atomic E-state index is 13.0. The molecular weight excluding hydrogens is 492 g/mol. The summed E-state index contributed by atoms with van der Waals surface area (Å²) in [4.78, 5) is 25.8. The van der Waals surface area contributed by atoms with Gasteiger partial charge in [0.25, 0.3) is 0 Å². The summed E-state index contributed by atoms with van der Waals surface area (Å²) in [6, 6.07) is 0. The average molecular weight is 541 g/mol. The van der Waals surface area contributed by atoms with E-state index in [-0.39, 0.29) is 36.1 Å². The fourth-order valence-electron chi connectivity index (χ4n) is 5.36. The molecule has 9 nitrogen and oxygen atoms in total. The molecule has 9 heteroatoms. The smallest absolute Gasteiger partial charge is 0.308 e. The van der Waals surface area contributed by atoms with Crippen LogP contribution in [0.5, 0.6) is 0 Å². The molecule has 2 heterocycles. The van der Waals surface area contributed by atoms with Crippen molar-refractivity contribution in [2.75, 3.05) is 0 Å². The maximum absolute atomic E-state index is 13.0. The number of allylic oxidation sites excluding steroid dienone is 3. The van der Waals surface area contributed by atoms with Gasteiger partial charge in [0.2, 0.25) is 0 Å². The number of esters is 1. The standard InChI is InChI=1S/C29H48O9/c1-8-20-13-16(4)21(30)11-10-15(3)12-17(5)23(9-2)37-24(32)14-22(31)18(6)28(20)38-29-27(35)26(34)25(33)19(7)36-29/h10-12,16-20,22-23,25-29,31,33-35H,8-9,13-14H2,1-7H3/b11-10+,15-12+/t16-,17+,18+,19+,20+,22-,23-,25+,26-,27-,28-,29+/m1/s1. The molecule has 0 aliphatic carbocycles. The van der Waals surface area contributed by atoms with Crippen LogP contribution in [0.25, 0.3) is 0 Å². The van der Waals surface area contributed by atoms with Gasteiger partial charge in [-0.3, -0.25) is 9.59 Å². The van der Waals surface area contributed by atoms with Crippen molar-refractivity contribution in [3.8, 4) is 0 Å². The highest BCUT2D eigenvalue weighted by Gasteiger charge is 2.45. The summed E-state index contributed by atoms with van der Waals surface area (Å²) in [6.45, 7) is 12.9. The third-order valence-corrected chi connectivity index (χ3v) is 8.04. The number of hydrogen-bond acceptors (Lipinski definition) is 9. The number of ketones is 1. The number of ether oxygens (including phenoxy) is 3. The van der Waals surface area contributed by atoms with Crippen molar-refractivity contribution >= 4 is 11.8 Å². The first-order chi connectivity index (χ1) is 17.8. The minimum Gasteiger partial charge on any atom is -0.462 e. The summed E-state index contributed by atoms with van der Waals surface area (Å²) in [5, 5.41) is 42.1. The molecule has 0 unspecified atom stereocenters. The summed E-state index contributed by atoms with van der Waals surface area (Å²) in [7, 11) is 0. The summed E-state index contributed by atoms with van der Waals surface area (Å²) >= 11 is 0. The van der Waals surface area contributed by atoms with Crippen molar-refractivity contribution in [1.29, 1.82) is 0 Å². The topological polar surface area (TPSA) is 143 Å². The highest BCUT2D eigenvalue weighted by Crippen LogP contribution is 2.33. The molecule has 0 radical (unpaired) electrons. The van der Waals surface area contributed by atoms with E-state index in [0.29, 0.717) is 19.3 Å². The van der Waals surface area contributed by atoms with Gasteiger partial charge in [0, 0.05) is 17.8 Å². The van der Waals surface area contributed by atoms with Gasteiger partial charge in [-0.15, -0.1) is 0 Å². The van der Waals surface area contributed by atoms with Crippen molar-refractivity contribution in [3.05, 3.63) is 23.8 Å². The molecule has 0 bridgehead atoms. The molecule has 2 rings (SSSR count). The minimum absolute atomic E-state index is 0.0394. The SMILES string of the molecule is CC[C@H]1C[C@@H](C)C(=O)/C=C/C(C)=C/[C@H](C)[C@@H](CC)OC(=O)C[C@@H](O)[C@H](C)[C@H]1O[C@@H]1O[C@@H](C)[C@H](O)[C@@H](O)[C@H]1O. The van der Waals surface area contributed by atoms with Crippen LogP contribution in [-0.4, -0.2) is 81.2 Å². The Bertz CT molecular complexity index is 840. The molecule has 1 saturated heterocycles. The predicted molar refractivity (Wildman–Crippen MR) is 142 cm³/mol. The lowest BCUT2D eigenvalue weighted by Crippen LogP contribution is -2.59. The quantitative estimate of drug-likeness (QED) is 0.396. The number of hydrogen-bond donors (Lipinski definition) is 4. The molecule has 2 aliphatic heterocycles. The Hall–Kier alpha value is -1.62. The second-order valence-corrected chi connectivity index (χ2v) is 11.2. The van der Waals surface area contributed by atoms with Gasteiger partial charge in [0.15, 0.2) is 12.1 Å². The van der Waals surface area contributed by atoms with Crippen LogP contribution in [0.3, 0.4) is 0 Å². The third kappa shape index (κ3) is 8.44. The summed E-state index contributed by atoms with van der Waals surface area (Å²) in [5.74, 6) is -1.84. The first-order valence-electron chi connectivity index (χ1n) is 13.9. The Kier molecular flexibility index (Phi) is 12.6. The molecule has 0 saturated carbocycles. The average Bonchev–Trinajstić information content (AvgIpc) is 2.87. The molecule has 1 fully saturated rings. The zero-order chi connectivity index (χ0) is 28.7. The highest BCUT2D eigenvalue weighted by atomic mass is 16.7. The molecule has 0 aromatic carbocycles. The molecule has 38 heavy (non-hydrogen) atoms. The molecule has 2 aliphatic rings. The lowest BCUT2D eigenvalue weighted by Gasteiger charge is -2.43. The van der Waals surface area contributed by atoms with Crippen LogP contribution in [0.15, 0.2) is 23.8 Å². The molecule has 0 aromatic rings. The van der Waals surface area contributed by atoms with Crippen molar-refractivity contribution in [3.63, 3.8) is 0 Å². The van der Waals surface area contributed by atoms with E-state index in [4.69, 9.17) is 14.2 Å². The van der Waals surface area contributed by atoms with Crippen LogP contribution in [0.1, 0.15) is 74.1 Å². The molecular formula is C29H48O9. The summed E-state index contributed by atoms with van der Waals surface area (Å²) < 4.78 is 17.6. The second kappa shape index (κ2) is 14.7. The Morgan fingerprint density at radius 2 is 1.61 bits per heavy atom. The van der Waals surface area contributed by atoms with E-state index >= 15 is 0 Å². The third-order valence-electron chi connectivity index (χ3n) is 8.04. The zero-order valence-electron chi connectivity index (χ0n) is 23.8. The van der Waals surface area contributed by atoms with Crippen molar-refractivity contribution in [2.45, 2.75) is 123 Å². The normalized spacial score (nSPS) is 44.7. The van der Waals surface area contributed by atoms with Gasteiger partial charge < -0.3 is 34.6 Å². The maximum Gasteiger partial charge on any atom is 0.308 e. The summed E-state index contributed by atoms with van der Waals surface area (Å²) in [5.41, 5.74) is 0.889. The molecule has 12 atom stereocenters. The number of aliphatic hydroxyl groups excluding tert-OH is 4. The predicted octanol–water partition coefficient (Wildman–Crippen LogP) is 2.68. The van der Waals surface area contributed by atoms with E-state index in [1.54, 1.807) is 26.0 Å². The van der Waals surface area contributed by atoms with Crippen molar-refractivity contribution in [2.24, 2.45) is 23.7 Å². The molecule has 218 valence electrons. The molecule has 4 N–H and O–H groups in total. The second-order valence-electron chi connectivity index (χ2n) is 11.2. The van der Waals surface area contributed by atoms with Gasteiger partial charge in [-0.25, -0.2) is 0 Å². The van der Waals surface area contributed by atoms with Gasteiger partial charge in [-0.1, -0.05) is 58.8 Å².